The van der Waals surface area contributed by atoms with Gasteiger partial charge in [0.05, 0.1) is 0 Å². The van der Waals surface area contributed by atoms with E-state index in [1.165, 1.54) is 47.1 Å². The molecular weight excluding hydrogens is 390 g/mol. The summed E-state index contributed by atoms with van der Waals surface area (Å²) in [5.74, 6) is 0.554. The van der Waals surface area contributed by atoms with Crippen LogP contribution in [0.3, 0.4) is 0 Å². The van der Waals surface area contributed by atoms with Crippen LogP contribution in [0.4, 0.5) is 0 Å². The first-order valence-corrected chi connectivity index (χ1v) is 11.2. The van der Waals surface area contributed by atoms with E-state index >= 15 is 0 Å². The van der Waals surface area contributed by atoms with Crippen molar-refractivity contribution in [3.63, 3.8) is 0 Å². The average molecular weight is 416 g/mol. The Bertz CT molecular complexity index is 1220. The summed E-state index contributed by atoms with van der Waals surface area (Å²) in [4.78, 5) is 15.4. The van der Waals surface area contributed by atoms with Gasteiger partial charge >= 0.3 is 0 Å². The van der Waals surface area contributed by atoms with Crippen molar-refractivity contribution >= 4 is 17.4 Å². The summed E-state index contributed by atoms with van der Waals surface area (Å²) in [5.41, 5.74) is 9.35. The Hall–Kier alpha value is -3.78. The lowest BCUT2D eigenvalue weighted by Crippen LogP contribution is -2.15. The summed E-state index contributed by atoms with van der Waals surface area (Å²) in [6.45, 7) is 0. The smallest absolute Gasteiger partial charge is 0.150 e. The largest absolute Gasteiger partial charge is 0.298 e. The van der Waals surface area contributed by atoms with Gasteiger partial charge in [-0.2, -0.15) is 0 Å². The molecule has 0 aliphatic heterocycles. The quantitative estimate of drug-likeness (QED) is 0.244. The molecule has 5 rings (SSSR count). The van der Waals surface area contributed by atoms with Gasteiger partial charge in [0.15, 0.2) is 0 Å². The Morgan fingerprint density at radius 3 is 1.84 bits per heavy atom. The van der Waals surface area contributed by atoms with Gasteiger partial charge in [0.25, 0.3) is 0 Å². The second-order valence-electron chi connectivity index (χ2n) is 8.34. The highest BCUT2D eigenvalue weighted by Crippen LogP contribution is 2.45. The Morgan fingerprint density at radius 1 is 0.688 bits per heavy atom. The van der Waals surface area contributed by atoms with Gasteiger partial charge < -0.3 is 0 Å². The molecule has 1 fully saturated rings. The second kappa shape index (κ2) is 9.15. The van der Waals surface area contributed by atoms with Crippen molar-refractivity contribution in [3.05, 3.63) is 126 Å². The van der Waals surface area contributed by atoms with Crippen LogP contribution in [0.5, 0.6) is 0 Å². The molecule has 156 valence electrons. The van der Waals surface area contributed by atoms with E-state index in [2.05, 4.69) is 71.7 Å². The summed E-state index contributed by atoms with van der Waals surface area (Å²) >= 11 is 0. The fourth-order valence-electron chi connectivity index (χ4n) is 4.48. The van der Waals surface area contributed by atoms with Crippen LogP contribution in [0, 0.1) is 5.92 Å². The highest BCUT2D eigenvalue weighted by molar-refractivity contribution is 6.00. The van der Waals surface area contributed by atoms with E-state index in [1.807, 2.05) is 36.7 Å². The standard InChI is InChI=1S/C30H25NO/c32-21-22-9-11-27(12-10-22)30(29(26-7-4-8-26)25-5-2-1-3-6-25)28-15-13-23(14-16-28)24-17-19-31-20-18-24/h1-3,5-6,9-21,26H,4,7-8H2. The lowest BCUT2D eigenvalue weighted by molar-refractivity contribution is 0.112. The summed E-state index contributed by atoms with van der Waals surface area (Å²) in [6, 6.07) is 31.6. The van der Waals surface area contributed by atoms with E-state index in [4.69, 9.17) is 0 Å². The molecule has 0 amide bonds. The van der Waals surface area contributed by atoms with Gasteiger partial charge in [0, 0.05) is 18.0 Å². The topological polar surface area (TPSA) is 30.0 Å². The zero-order valence-electron chi connectivity index (χ0n) is 17.9. The van der Waals surface area contributed by atoms with E-state index in [0.29, 0.717) is 11.5 Å². The minimum absolute atomic E-state index is 0.554. The van der Waals surface area contributed by atoms with Crippen molar-refractivity contribution in [3.8, 4) is 11.1 Å². The van der Waals surface area contributed by atoms with Crippen LogP contribution in [-0.2, 0) is 0 Å². The van der Waals surface area contributed by atoms with Gasteiger partial charge in [-0.05, 0) is 69.9 Å². The van der Waals surface area contributed by atoms with E-state index in [1.54, 1.807) is 0 Å². The van der Waals surface area contributed by atoms with Crippen LogP contribution in [0.25, 0.3) is 22.3 Å². The van der Waals surface area contributed by atoms with E-state index in [0.717, 1.165) is 17.4 Å². The van der Waals surface area contributed by atoms with Crippen molar-refractivity contribution in [2.24, 2.45) is 5.92 Å². The number of hydrogen-bond acceptors (Lipinski definition) is 2. The summed E-state index contributed by atoms with van der Waals surface area (Å²) in [5, 5.41) is 0. The molecule has 2 nitrogen and oxygen atoms in total. The van der Waals surface area contributed by atoms with Crippen LogP contribution in [0.2, 0.25) is 0 Å². The van der Waals surface area contributed by atoms with Gasteiger partial charge in [-0.3, -0.25) is 9.78 Å². The second-order valence-corrected chi connectivity index (χ2v) is 8.34. The van der Waals surface area contributed by atoms with Crippen molar-refractivity contribution in [2.75, 3.05) is 0 Å². The van der Waals surface area contributed by atoms with Crippen molar-refractivity contribution in [1.82, 2.24) is 4.98 Å². The fraction of sp³-hybridized carbons (Fsp3) is 0.133. The third-order valence-electron chi connectivity index (χ3n) is 6.39. The van der Waals surface area contributed by atoms with Crippen molar-refractivity contribution in [1.29, 1.82) is 0 Å². The SMILES string of the molecule is O=Cc1ccc(C(=C(c2ccccc2)C2CCC2)c2ccc(-c3ccncc3)cc2)cc1. The molecule has 1 saturated carbocycles. The maximum absolute atomic E-state index is 11.2. The van der Waals surface area contributed by atoms with Gasteiger partial charge in [-0.25, -0.2) is 0 Å². The molecule has 1 aromatic heterocycles. The molecule has 3 aromatic carbocycles. The number of hydrogen-bond donors (Lipinski definition) is 0. The fourth-order valence-corrected chi connectivity index (χ4v) is 4.48. The molecule has 0 spiro atoms. The molecule has 0 radical (unpaired) electrons. The third kappa shape index (κ3) is 4.04. The lowest BCUT2D eigenvalue weighted by atomic mass is 9.73. The molecule has 32 heavy (non-hydrogen) atoms. The average Bonchev–Trinajstić information content (AvgIpc) is 2.84. The van der Waals surface area contributed by atoms with Gasteiger partial charge in [0.1, 0.15) is 6.29 Å². The number of pyridine rings is 1. The summed E-state index contributed by atoms with van der Waals surface area (Å²) < 4.78 is 0. The number of carbonyl (C=O) groups is 1. The van der Waals surface area contributed by atoms with Gasteiger partial charge in [-0.15, -0.1) is 0 Å². The van der Waals surface area contributed by atoms with Crippen molar-refractivity contribution < 1.29 is 4.79 Å². The number of carbonyl (C=O) groups excluding carboxylic acids is 1. The van der Waals surface area contributed by atoms with Crippen LogP contribution in [0.15, 0.2) is 103 Å². The Morgan fingerprint density at radius 2 is 1.28 bits per heavy atom. The summed E-state index contributed by atoms with van der Waals surface area (Å²) in [7, 11) is 0. The molecular formula is C30H25NO. The highest BCUT2D eigenvalue weighted by Gasteiger charge is 2.27. The molecule has 1 aliphatic rings. The van der Waals surface area contributed by atoms with E-state index in [9.17, 15) is 4.79 Å². The predicted octanol–water partition coefficient (Wildman–Crippen LogP) is 7.32. The molecule has 0 saturated heterocycles. The number of allylic oxidation sites excluding steroid dienone is 1. The predicted molar refractivity (Wildman–Crippen MR) is 131 cm³/mol. The molecule has 0 bridgehead atoms. The Balaban J connectivity index is 1.69. The third-order valence-corrected chi connectivity index (χ3v) is 6.39. The molecule has 1 heterocycles. The zero-order valence-corrected chi connectivity index (χ0v) is 17.9. The molecule has 4 aromatic rings. The first-order chi connectivity index (χ1) is 15.8. The van der Waals surface area contributed by atoms with Crippen LogP contribution in [-0.4, -0.2) is 11.3 Å². The minimum atomic E-state index is 0.554. The zero-order chi connectivity index (χ0) is 21.8. The van der Waals surface area contributed by atoms with E-state index in [-0.39, 0.29) is 0 Å². The maximum atomic E-state index is 11.2. The van der Waals surface area contributed by atoms with Gasteiger partial charge in [0.2, 0.25) is 0 Å². The van der Waals surface area contributed by atoms with Gasteiger partial charge in [-0.1, -0.05) is 85.3 Å². The number of nitrogens with zero attached hydrogens (tertiary/aromatic N) is 1. The van der Waals surface area contributed by atoms with Crippen LogP contribution in [0.1, 0.15) is 46.3 Å². The Labute approximate surface area is 189 Å². The monoisotopic (exact) mass is 415 g/mol. The number of benzene rings is 3. The highest BCUT2D eigenvalue weighted by atomic mass is 16.1. The van der Waals surface area contributed by atoms with Crippen LogP contribution >= 0.6 is 0 Å². The first-order valence-electron chi connectivity index (χ1n) is 11.2. The molecule has 0 atom stereocenters. The first kappa shape index (κ1) is 20.1. The Kier molecular flexibility index (Phi) is 5.76. The minimum Gasteiger partial charge on any atom is -0.298 e. The maximum Gasteiger partial charge on any atom is 0.150 e. The molecule has 0 unspecified atom stereocenters. The number of aldehydes is 1. The number of rotatable bonds is 6. The lowest BCUT2D eigenvalue weighted by Gasteiger charge is -2.31. The molecule has 2 heteroatoms. The summed E-state index contributed by atoms with van der Waals surface area (Å²) in [6.07, 6.45) is 8.27. The van der Waals surface area contributed by atoms with E-state index < -0.39 is 0 Å². The molecule has 1 aliphatic carbocycles. The number of aromatic nitrogens is 1. The normalized spacial score (nSPS) is 14.4. The molecule has 0 N–H and O–H groups in total. The van der Waals surface area contributed by atoms with Crippen LogP contribution < -0.4 is 0 Å². The van der Waals surface area contributed by atoms with Crippen molar-refractivity contribution in [2.45, 2.75) is 19.3 Å².